The van der Waals surface area contributed by atoms with Crippen LogP contribution in [0.15, 0.2) is 24.4 Å². The zero-order valence-electron chi connectivity index (χ0n) is 13.6. The molecule has 128 valence electrons. The van der Waals surface area contributed by atoms with E-state index >= 15 is 0 Å². The topological polar surface area (TPSA) is 111 Å². The van der Waals surface area contributed by atoms with Gasteiger partial charge in [-0.25, -0.2) is 13.7 Å². The Kier molecular flexibility index (Phi) is 5.86. The summed E-state index contributed by atoms with van der Waals surface area (Å²) in [7, 11) is 3.37. The Morgan fingerprint density at radius 2 is 2.22 bits per heavy atom. The van der Waals surface area contributed by atoms with Crippen LogP contribution in [0.4, 0.5) is 5.69 Å². The van der Waals surface area contributed by atoms with Crippen LogP contribution in [-0.2, 0) is 11.2 Å². The second-order valence-corrected chi connectivity index (χ2v) is 6.87. The van der Waals surface area contributed by atoms with Gasteiger partial charge >= 0.3 is 0 Å². The van der Waals surface area contributed by atoms with Gasteiger partial charge in [0, 0.05) is 50.2 Å². The number of rotatable bonds is 7. The maximum atomic E-state index is 11.1. The molecule has 0 spiro atoms. The van der Waals surface area contributed by atoms with E-state index in [1.807, 2.05) is 12.1 Å². The molecule has 0 aliphatic carbocycles. The van der Waals surface area contributed by atoms with Gasteiger partial charge in [0.25, 0.3) is 0 Å². The lowest BCUT2D eigenvalue weighted by atomic mass is 9.94. The first-order valence-electron chi connectivity index (χ1n) is 7.44. The predicted octanol–water partition coefficient (Wildman–Crippen LogP) is 0.326. The Hall–Kier alpha value is -1.77. The molecule has 1 aromatic carbocycles. The van der Waals surface area contributed by atoms with Gasteiger partial charge in [0.2, 0.25) is 0 Å². The van der Waals surface area contributed by atoms with Crippen molar-refractivity contribution in [2.45, 2.75) is 6.42 Å². The Labute approximate surface area is 139 Å². The molecule has 1 saturated heterocycles. The van der Waals surface area contributed by atoms with Crippen molar-refractivity contribution in [1.29, 1.82) is 0 Å². The van der Waals surface area contributed by atoms with Gasteiger partial charge in [-0.05, 0) is 24.5 Å². The minimum absolute atomic E-state index is 0.537. The molecule has 1 aliphatic heterocycles. The molecule has 23 heavy (non-hydrogen) atoms. The molecule has 1 fully saturated rings. The number of nitrogens with two attached hydrogens (primary N) is 3. The molecule has 0 aromatic heterocycles. The lowest BCUT2D eigenvalue weighted by molar-refractivity contribution is 0.159. The summed E-state index contributed by atoms with van der Waals surface area (Å²) in [5.74, 6) is 1.26. The molecule has 0 bridgehead atoms. The van der Waals surface area contributed by atoms with E-state index in [-0.39, 0.29) is 0 Å². The van der Waals surface area contributed by atoms with Gasteiger partial charge in [0.1, 0.15) is 5.75 Å². The molecule has 1 aliphatic rings. The summed E-state index contributed by atoms with van der Waals surface area (Å²) in [5.41, 5.74) is 14.4. The van der Waals surface area contributed by atoms with Crippen LogP contribution >= 0.6 is 0 Å². The number of nitrogens with zero attached hydrogens (tertiary/aromatic N) is 2. The first-order chi connectivity index (χ1) is 11.0. The Balaban J connectivity index is 1.94. The first kappa shape index (κ1) is 17.6. The van der Waals surface area contributed by atoms with Crippen molar-refractivity contribution in [2.24, 2.45) is 16.8 Å². The summed E-state index contributed by atoms with van der Waals surface area (Å²) in [6.07, 6.45) is 2.54. The van der Waals surface area contributed by atoms with E-state index in [1.165, 1.54) is 0 Å². The number of ether oxygens (including phenoxy) is 1. The Bertz CT molecular complexity index is 602. The zero-order chi connectivity index (χ0) is 17.0. The minimum Gasteiger partial charge on any atom is -0.497 e. The van der Waals surface area contributed by atoms with Gasteiger partial charge in [0.05, 0.1) is 12.8 Å². The van der Waals surface area contributed by atoms with E-state index in [9.17, 15) is 4.21 Å². The average Bonchev–Trinajstić information content (AvgIpc) is 2.49. The molecular weight excluding hydrogens is 314 g/mol. The van der Waals surface area contributed by atoms with E-state index < -0.39 is 11.2 Å². The highest BCUT2D eigenvalue weighted by molar-refractivity contribution is 7.80. The maximum absolute atomic E-state index is 11.1. The lowest BCUT2D eigenvalue weighted by Crippen LogP contribution is -2.46. The highest BCUT2D eigenvalue weighted by Crippen LogP contribution is 2.33. The second kappa shape index (κ2) is 7.67. The molecule has 2 rings (SSSR count). The van der Waals surface area contributed by atoms with E-state index in [2.05, 4.69) is 4.90 Å². The molecule has 1 heterocycles. The number of nitrogen functional groups attached to an aromatic ring is 1. The average molecular weight is 339 g/mol. The number of hydrogen-bond acceptors (Lipinski definition) is 5. The third-order valence-corrected chi connectivity index (χ3v) is 4.95. The van der Waals surface area contributed by atoms with Gasteiger partial charge in [0.15, 0.2) is 11.2 Å². The lowest BCUT2D eigenvalue weighted by Gasteiger charge is -2.43. The van der Waals surface area contributed by atoms with Crippen molar-refractivity contribution in [2.75, 3.05) is 39.5 Å². The summed E-state index contributed by atoms with van der Waals surface area (Å²) in [6.45, 7) is 2.52. The third kappa shape index (κ3) is 4.15. The van der Waals surface area contributed by atoms with Crippen molar-refractivity contribution >= 4 is 22.6 Å². The molecule has 0 amide bonds. The summed E-state index contributed by atoms with van der Waals surface area (Å²) >= 11 is -1.40. The van der Waals surface area contributed by atoms with E-state index in [0.717, 1.165) is 36.5 Å². The smallest absolute Gasteiger partial charge is 0.166 e. The number of anilines is 1. The van der Waals surface area contributed by atoms with Gasteiger partial charge in [-0.1, -0.05) is 0 Å². The maximum Gasteiger partial charge on any atom is 0.166 e. The number of methoxy groups -OCH3 is 1. The van der Waals surface area contributed by atoms with Crippen molar-refractivity contribution in [1.82, 2.24) is 9.21 Å². The minimum atomic E-state index is -1.40. The molecule has 0 radical (unpaired) electrons. The normalized spacial score (nSPS) is 17.2. The second-order valence-electron chi connectivity index (χ2n) is 5.69. The van der Waals surface area contributed by atoms with Crippen LogP contribution in [0.1, 0.15) is 12.0 Å². The standard InChI is InChI=1S/C15H25N5O2S/c1-19(23(18)21)6-5-11-9-20(10-11)15(8-16)13-4-3-12(22-2)7-14(13)17/h3-4,7-8,11H,5-6,9-10,16-18H2,1-2H3/b15-8+. The van der Waals surface area contributed by atoms with Crippen molar-refractivity contribution in [3.05, 3.63) is 30.0 Å². The number of likely N-dealkylation sites (tertiary alicyclic amines) is 1. The fourth-order valence-electron chi connectivity index (χ4n) is 2.67. The largest absolute Gasteiger partial charge is 0.497 e. The van der Waals surface area contributed by atoms with Gasteiger partial charge in [-0.2, -0.15) is 0 Å². The quantitative estimate of drug-likeness (QED) is 0.620. The molecule has 0 saturated carbocycles. The molecule has 7 nitrogen and oxygen atoms in total. The van der Waals surface area contributed by atoms with Crippen LogP contribution in [0.3, 0.4) is 0 Å². The summed E-state index contributed by atoms with van der Waals surface area (Å²) in [5, 5.41) is 5.33. The van der Waals surface area contributed by atoms with Gasteiger partial charge in [-0.15, -0.1) is 0 Å². The number of hydrogen-bond donors (Lipinski definition) is 3. The molecule has 1 unspecified atom stereocenters. The van der Waals surface area contributed by atoms with E-state index in [4.69, 9.17) is 21.3 Å². The number of benzene rings is 1. The summed E-state index contributed by atoms with van der Waals surface area (Å²) < 4.78 is 17.9. The molecular formula is C15H25N5O2S. The van der Waals surface area contributed by atoms with E-state index in [0.29, 0.717) is 18.2 Å². The van der Waals surface area contributed by atoms with Crippen molar-refractivity contribution in [3.63, 3.8) is 0 Å². The van der Waals surface area contributed by atoms with Crippen LogP contribution in [0, 0.1) is 5.92 Å². The fourth-order valence-corrected chi connectivity index (χ4v) is 2.96. The molecule has 6 N–H and O–H groups in total. The summed E-state index contributed by atoms with van der Waals surface area (Å²) in [6, 6.07) is 5.59. The van der Waals surface area contributed by atoms with Crippen LogP contribution in [0.2, 0.25) is 0 Å². The summed E-state index contributed by atoms with van der Waals surface area (Å²) in [4.78, 5) is 2.20. The molecule has 1 atom stereocenters. The third-order valence-electron chi connectivity index (χ3n) is 4.15. The zero-order valence-corrected chi connectivity index (χ0v) is 14.4. The first-order valence-corrected chi connectivity index (χ1v) is 8.61. The van der Waals surface area contributed by atoms with Crippen molar-refractivity contribution < 1.29 is 8.95 Å². The Morgan fingerprint density at radius 3 is 2.74 bits per heavy atom. The Morgan fingerprint density at radius 1 is 1.52 bits per heavy atom. The molecule has 1 aromatic rings. The molecule has 8 heteroatoms. The van der Waals surface area contributed by atoms with Crippen molar-refractivity contribution in [3.8, 4) is 5.75 Å². The van der Waals surface area contributed by atoms with Crippen LogP contribution in [0.25, 0.3) is 5.70 Å². The van der Waals surface area contributed by atoms with Crippen LogP contribution < -0.4 is 21.3 Å². The fraction of sp³-hybridized carbons (Fsp3) is 0.467. The SMILES string of the molecule is COc1ccc(/C(=C\N)N2CC(CCN(C)S(N)=O)C2)c(N)c1. The van der Waals surface area contributed by atoms with E-state index in [1.54, 1.807) is 30.7 Å². The highest BCUT2D eigenvalue weighted by atomic mass is 32.2. The predicted molar refractivity (Wildman–Crippen MR) is 94.2 cm³/mol. The van der Waals surface area contributed by atoms with Crippen LogP contribution in [-0.4, -0.2) is 47.2 Å². The van der Waals surface area contributed by atoms with Gasteiger partial charge in [-0.3, -0.25) is 0 Å². The highest BCUT2D eigenvalue weighted by Gasteiger charge is 2.29. The van der Waals surface area contributed by atoms with Gasteiger partial charge < -0.3 is 21.1 Å². The van der Waals surface area contributed by atoms with Crippen LogP contribution in [0.5, 0.6) is 5.75 Å². The monoisotopic (exact) mass is 339 g/mol.